The Morgan fingerprint density at radius 2 is 2.08 bits per heavy atom. The van der Waals surface area contributed by atoms with Gasteiger partial charge in [0.1, 0.15) is 6.04 Å². The van der Waals surface area contributed by atoms with Crippen LogP contribution in [0.1, 0.15) is 36.3 Å². The van der Waals surface area contributed by atoms with E-state index >= 15 is 0 Å². The third-order valence-electron chi connectivity index (χ3n) is 4.83. The number of H-pyrrole nitrogens is 1. The molecule has 0 saturated carbocycles. The highest BCUT2D eigenvalue weighted by molar-refractivity contribution is 5.83. The van der Waals surface area contributed by atoms with E-state index in [0.717, 1.165) is 41.8 Å². The lowest BCUT2D eigenvalue weighted by Crippen LogP contribution is -2.33. The van der Waals surface area contributed by atoms with Crippen LogP contribution in [-0.4, -0.2) is 44.1 Å². The molecule has 132 valence electrons. The van der Waals surface area contributed by atoms with Crippen molar-refractivity contribution in [2.24, 2.45) is 0 Å². The Labute approximate surface area is 147 Å². The normalized spacial score (nSPS) is 12.5. The van der Waals surface area contributed by atoms with Crippen LogP contribution in [0.15, 0.2) is 30.6 Å². The van der Waals surface area contributed by atoms with Crippen molar-refractivity contribution in [2.45, 2.75) is 39.7 Å². The third kappa shape index (κ3) is 3.43. The zero-order valence-electron chi connectivity index (χ0n) is 15.3. The lowest BCUT2D eigenvalue weighted by atomic mass is 10.1. The number of aromatic nitrogens is 4. The van der Waals surface area contributed by atoms with Crippen molar-refractivity contribution in [1.82, 2.24) is 24.6 Å². The number of imidazole rings is 1. The maximum atomic E-state index is 12.8. The molecule has 1 atom stereocenters. The Balaban J connectivity index is 1.62. The average Bonchev–Trinajstić information content (AvgIpc) is 3.18. The van der Waals surface area contributed by atoms with Crippen molar-refractivity contribution >= 4 is 16.9 Å². The maximum Gasteiger partial charge on any atom is 0.245 e. The molecular formula is C19H25N5O. The number of para-hydroxylation sites is 2. The predicted molar refractivity (Wildman–Crippen MR) is 98.5 cm³/mol. The first-order valence-corrected chi connectivity index (χ1v) is 8.66. The van der Waals surface area contributed by atoms with Gasteiger partial charge in [-0.1, -0.05) is 12.1 Å². The van der Waals surface area contributed by atoms with Gasteiger partial charge in [-0.25, -0.2) is 4.98 Å². The summed E-state index contributed by atoms with van der Waals surface area (Å²) in [6.45, 7) is 6.70. The van der Waals surface area contributed by atoms with Gasteiger partial charge in [0.2, 0.25) is 5.91 Å². The first-order chi connectivity index (χ1) is 12.0. The van der Waals surface area contributed by atoms with Gasteiger partial charge in [0.05, 0.1) is 23.1 Å². The van der Waals surface area contributed by atoms with Crippen LogP contribution >= 0.6 is 0 Å². The molecule has 3 aromatic rings. The first kappa shape index (κ1) is 17.2. The molecule has 0 saturated heterocycles. The molecule has 1 aromatic carbocycles. The summed E-state index contributed by atoms with van der Waals surface area (Å²) in [4.78, 5) is 19.0. The molecule has 25 heavy (non-hydrogen) atoms. The van der Waals surface area contributed by atoms with E-state index in [1.807, 2.05) is 61.6 Å². The quantitative estimate of drug-likeness (QED) is 0.750. The highest BCUT2D eigenvalue weighted by Gasteiger charge is 2.20. The molecule has 1 N–H and O–H groups in total. The third-order valence-corrected chi connectivity index (χ3v) is 4.83. The minimum Gasteiger partial charge on any atom is -0.344 e. The molecule has 0 bridgehead atoms. The molecule has 0 aliphatic heterocycles. The average molecular weight is 339 g/mol. The van der Waals surface area contributed by atoms with Crippen LogP contribution in [0.4, 0.5) is 0 Å². The fraction of sp³-hybridized carbons (Fsp3) is 0.421. The van der Waals surface area contributed by atoms with Crippen molar-refractivity contribution in [3.63, 3.8) is 0 Å². The highest BCUT2D eigenvalue weighted by Crippen LogP contribution is 2.19. The number of aryl methyl sites for hydroxylation is 2. The number of benzene rings is 1. The molecule has 0 aliphatic carbocycles. The second-order valence-electron chi connectivity index (χ2n) is 6.59. The molecule has 2 aromatic heterocycles. The molecule has 1 unspecified atom stereocenters. The first-order valence-electron chi connectivity index (χ1n) is 8.66. The van der Waals surface area contributed by atoms with Gasteiger partial charge in [-0.05, 0) is 51.3 Å². The number of carbonyl (C=O) groups is 1. The number of fused-ring (bicyclic) bond motifs is 1. The summed E-state index contributed by atoms with van der Waals surface area (Å²) in [7, 11) is 1.87. The second kappa shape index (κ2) is 7.09. The Morgan fingerprint density at radius 3 is 2.80 bits per heavy atom. The molecule has 0 aliphatic rings. The summed E-state index contributed by atoms with van der Waals surface area (Å²) < 4.78 is 1.94. The van der Waals surface area contributed by atoms with Gasteiger partial charge in [0.25, 0.3) is 0 Å². The fourth-order valence-electron chi connectivity index (χ4n) is 3.27. The number of carbonyl (C=O) groups excluding carboxylic acids is 1. The van der Waals surface area contributed by atoms with Crippen LogP contribution in [0.3, 0.4) is 0 Å². The monoisotopic (exact) mass is 339 g/mol. The highest BCUT2D eigenvalue weighted by atomic mass is 16.2. The van der Waals surface area contributed by atoms with Gasteiger partial charge in [0, 0.05) is 19.3 Å². The fourth-order valence-corrected chi connectivity index (χ4v) is 3.27. The maximum absolute atomic E-state index is 12.8. The number of amides is 1. The molecule has 1 amide bonds. The summed E-state index contributed by atoms with van der Waals surface area (Å²) in [6.07, 6.45) is 3.59. The Hall–Kier alpha value is -2.63. The topological polar surface area (TPSA) is 66.8 Å². The number of aromatic amines is 1. The van der Waals surface area contributed by atoms with Gasteiger partial charge >= 0.3 is 0 Å². The summed E-state index contributed by atoms with van der Waals surface area (Å²) in [5, 5.41) is 7.23. The molecule has 6 heteroatoms. The largest absolute Gasteiger partial charge is 0.344 e. The van der Waals surface area contributed by atoms with Crippen LogP contribution in [0, 0.1) is 13.8 Å². The van der Waals surface area contributed by atoms with E-state index in [2.05, 4.69) is 15.2 Å². The molecule has 0 spiro atoms. The van der Waals surface area contributed by atoms with E-state index in [9.17, 15) is 4.79 Å². The molecule has 0 fully saturated rings. The SMILES string of the molecule is Cc1n[nH]c(C)c1CCCN(C)C(=O)C(C)n1cnc2ccccc21. The van der Waals surface area contributed by atoms with E-state index < -0.39 is 0 Å². The number of hydrogen-bond donors (Lipinski definition) is 1. The van der Waals surface area contributed by atoms with E-state index in [4.69, 9.17) is 0 Å². The zero-order chi connectivity index (χ0) is 18.0. The van der Waals surface area contributed by atoms with Crippen LogP contribution in [0.25, 0.3) is 11.0 Å². The lowest BCUT2D eigenvalue weighted by Gasteiger charge is -2.22. The Bertz CT molecular complexity index is 859. The molecular weight excluding hydrogens is 314 g/mol. The van der Waals surface area contributed by atoms with Gasteiger partial charge in [-0.3, -0.25) is 9.89 Å². The van der Waals surface area contributed by atoms with Gasteiger partial charge in [-0.15, -0.1) is 0 Å². The summed E-state index contributed by atoms with van der Waals surface area (Å²) in [5.74, 6) is 0.101. The molecule has 3 rings (SSSR count). The van der Waals surface area contributed by atoms with Crippen LogP contribution in [0.2, 0.25) is 0 Å². The van der Waals surface area contributed by atoms with Crippen molar-refractivity contribution < 1.29 is 4.79 Å². The van der Waals surface area contributed by atoms with E-state index in [-0.39, 0.29) is 11.9 Å². The molecule has 0 radical (unpaired) electrons. The predicted octanol–water partition coefficient (Wildman–Crippen LogP) is 3.03. The van der Waals surface area contributed by atoms with Crippen molar-refractivity contribution in [3.05, 3.63) is 47.5 Å². The van der Waals surface area contributed by atoms with Crippen molar-refractivity contribution in [3.8, 4) is 0 Å². The molecule has 6 nitrogen and oxygen atoms in total. The van der Waals surface area contributed by atoms with E-state index in [0.29, 0.717) is 0 Å². The van der Waals surface area contributed by atoms with Crippen LogP contribution in [-0.2, 0) is 11.2 Å². The second-order valence-corrected chi connectivity index (χ2v) is 6.59. The number of nitrogens with zero attached hydrogens (tertiary/aromatic N) is 4. The van der Waals surface area contributed by atoms with Gasteiger partial charge < -0.3 is 9.47 Å². The summed E-state index contributed by atoms with van der Waals surface area (Å²) in [6, 6.07) is 7.61. The Morgan fingerprint density at radius 1 is 1.32 bits per heavy atom. The van der Waals surface area contributed by atoms with Crippen LogP contribution < -0.4 is 0 Å². The minimum absolute atomic E-state index is 0.101. The minimum atomic E-state index is -0.269. The number of rotatable bonds is 6. The standard InChI is InChI=1S/C19H25N5O/c1-13-16(14(2)22-21-13)8-7-11-23(4)19(25)15(3)24-12-20-17-9-5-6-10-18(17)24/h5-6,9-10,12,15H,7-8,11H2,1-4H3,(H,21,22). The lowest BCUT2D eigenvalue weighted by molar-refractivity contribution is -0.132. The van der Waals surface area contributed by atoms with Gasteiger partial charge in [-0.2, -0.15) is 5.10 Å². The van der Waals surface area contributed by atoms with Crippen molar-refractivity contribution in [2.75, 3.05) is 13.6 Å². The smallest absolute Gasteiger partial charge is 0.245 e. The number of nitrogens with one attached hydrogen (secondary N) is 1. The Kier molecular flexibility index (Phi) is 4.88. The number of likely N-dealkylation sites (N-methyl/N-ethyl adjacent to an activating group) is 1. The molecule has 2 heterocycles. The summed E-state index contributed by atoms with van der Waals surface area (Å²) >= 11 is 0. The summed E-state index contributed by atoms with van der Waals surface area (Å²) in [5.41, 5.74) is 5.32. The number of hydrogen-bond acceptors (Lipinski definition) is 3. The van der Waals surface area contributed by atoms with Crippen LogP contribution in [0.5, 0.6) is 0 Å². The van der Waals surface area contributed by atoms with E-state index in [1.165, 1.54) is 5.56 Å². The zero-order valence-corrected chi connectivity index (χ0v) is 15.3. The van der Waals surface area contributed by atoms with Gasteiger partial charge in [0.15, 0.2) is 0 Å². The van der Waals surface area contributed by atoms with E-state index in [1.54, 1.807) is 6.33 Å². The van der Waals surface area contributed by atoms with Crippen molar-refractivity contribution in [1.29, 1.82) is 0 Å².